The highest BCUT2D eigenvalue weighted by molar-refractivity contribution is 5.83. The molecule has 200 valence electrons. The number of aryl methyl sites for hydroxylation is 3. The van der Waals surface area contributed by atoms with Crippen LogP contribution in [0.2, 0.25) is 0 Å². The van der Waals surface area contributed by atoms with Gasteiger partial charge in [0.2, 0.25) is 0 Å². The monoisotopic (exact) mass is 514 g/mol. The smallest absolute Gasteiger partial charge is 0.310 e. The van der Waals surface area contributed by atoms with Crippen molar-refractivity contribution >= 4 is 17.0 Å². The number of piperidine rings is 1. The molecule has 8 nitrogen and oxygen atoms in total. The van der Waals surface area contributed by atoms with Gasteiger partial charge in [-0.05, 0) is 87.0 Å². The van der Waals surface area contributed by atoms with E-state index in [0.717, 1.165) is 60.2 Å². The Hall–Kier alpha value is -3.52. The maximum atomic E-state index is 12.8. The molecule has 0 saturated carbocycles. The van der Waals surface area contributed by atoms with Crippen molar-refractivity contribution in [2.45, 2.75) is 65.5 Å². The fourth-order valence-electron chi connectivity index (χ4n) is 6.12. The highest BCUT2D eigenvalue weighted by Crippen LogP contribution is 2.49. The highest BCUT2D eigenvalue weighted by Gasteiger charge is 2.50. The molecule has 1 aliphatic heterocycles. The van der Waals surface area contributed by atoms with E-state index in [2.05, 4.69) is 69.3 Å². The lowest BCUT2D eigenvalue weighted by Gasteiger charge is -2.43. The average molecular weight is 515 g/mol. The molecule has 3 heterocycles. The zero-order valence-electron chi connectivity index (χ0n) is 23.3. The van der Waals surface area contributed by atoms with Crippen LogP contribution in [0.4, 0.5) is 0 Å². The second-order valence-electron chi connectivity index (χ2n) is 11.5. The molecule has 2 aromatic heterocycles. The maximum Gasteiger partial charge on any atom is 0.310 e. The van der Waals surface area contributed by atoms with Gasteiger partial charge in [0.1, 0.15) is 5.52 Å². The number of hydrogen-bond acceptors (Lipinski definition) is 5. The largest absolute Gasteiger partial charge is 0.481 e. The van der Waals surface area contributed by atoms with Gasteiger partial charge in [-0.3, -0.25) is 14.4 Å². The van der Waals surface area contributed by atoms with Gasteiger partial charge in [0.25, 0.3) is 0 Å². The van der Waals surface area contributed by atoms with Crippen LogP contribution in [0.1, 0.15) is 67.5 Å². The molecule has 0 amide bonds. The van der Waals surface area contributed by atoms with Crippen molar-refractivity contribution in [1.82, 2.24) is 29.7 Å². The summed E-state index contributed by atoms with van der Waals surface area (Å²) < 4.78 is 3.83. The van der Waals surface area contributed by atoms with E-state index in [1.807, 2.05) is 46.1 Å². The standard InChI is InChI=1S/C30H38N6O2/c1-20-10-11-23(17-22(20)18-35-15-7-9-24(19-35)36-16-8-14-31-36)30(5,29(3,4)28(37)38)25-12-13-26-27(21(25)2)32-33-34(26)6/h8,10-14,16-17,24H,7,9,15,18-19H2,1-6H3,(H,37,38)/t24-,30-/m0/s1. The number of fused-ring (bicyclic) bond motifs is 1. The Labute approximate surface area is 224 Å². The van der Waals surface area contributed by atoms with E-state index in [0.29, 0.717) is 6.04 Å². The molecule has 2 atom stereocenters. The highest BCUT2D eigenvalue weighted by atomic mass is 16.4. The molecule has 1 saturated heterocycles. The predicted molar refractivity (Wildman–Crippen MR) is 148 cm³/mol. The van der Waals surface area contributed by atoms with Gasteiger partial charge in [0.15, 0.2) is 0 Å². The summed E-state index contributed by atoms with van der Waals surface area (Å²) in [5.41, 5.74) is 5.22. The Kier molecular flexibility index (Phi) is 6.63. The van der Waals surface area contributed by atoms with E-state index in [9.17, 15) is 9.90 Å². The van der Waals surface area contributed by atoms with Crippen LogP contribution in [-0.2, 0) is 23.8 Å². The first kappa shape index (κ1) is 26.1. The van der Waals surface area contributed by atoms with Gasteiger partial charge in [-0.1, -0.05) is 36.4 Å². The van der Waals surface area contributed by atoms with Crippen LogP contribution in [0.15, 0.2) is 48.8 Å². The van der Waals surface area contributed by atoms with Gasteiger partial charge >= 0.3 is 5.97 Å². The quantitative estimate of drug-likeness (QED) is 0.372. The number of carboxylic acid groups (broad SMARTS) is 1. The van der Waals surface area contributed by atoms with Crippen molar-refractivity contribution in [3.63, 3.8) is 0 Å². The summed E-state index contributed by atoms with van der Waals surface area (Å²) in [5.74, 6) is -0.834. The summed E-state index contributed by atoms with van der Waals surface area (Å²) in [6.07, 6.45) is 6.16. The van der Waals surface area contributed by atoms with Crippen molar-refractivity contribution in [1.29, 1.82) is 0 Å². The molecule has 0 bridgehead atoms. The molecule has 1 aliphatic rings. The van der Waals surface area contributed by atoms with Crippen molar-refractivity contribution in [3.05, 3.63) is 76.6 Å². The van der Waals surface area contributed by atoms with Gasteiger partial charge in [-0.2, -0.15) is 5.10 Å². The Balaban J connectivity index is 1.57. The summed E-state index contributed by atoms with van der Waals surface area (Å²) >= 11 is 0. The number of benzene rings is 2. The molecule has 2 aromatic carbocycles. The van der Waals surface area contributed by atoms with E-state index in [4.69, 9.17) is 0 Å². The molecular formula is C30H38N6O2. The number of nitrogens with zero attached hydrogens (tertiary/aromatic N) is 6. The SMILES string of the molecule is Cc1ccc([C@@](C)(c2ccc3c(nnn3C)c2C)C(C)(C)C(=O)O)cc1CN1CCC[C@H](n2cccn2)C1. The first-order valence-electron chi connectivity index (χ1n) is 13.4. The summed E-state index contributed by atoms with van der Waals surface area (Å²) in [4.78, 5) is 15.3. The third-order valence-corrected chi connectivity index (χ3v) is 9.06. The van der Waals surface area contributed by atoms with Gasteiger partial charge in [-0.25, -0.2) is 4.68 Å². The molecule has 38 heavy (non-hydrogen) atoms. The second kappa shape index (κ2) is 9.66. The fraction of sp³-hybridized carbons (Fsp3) is 0.467. The van der Waals surface area contributed by atoms with Crippen LogP contribution in [0.3, 0.4) is 0 Å². The molecular weight excluding hydrogens is 476 g/mol. The lowest BCUT2D eigenvalue weighted by atomic mass is 9.58. The van der Waals surface area contributed by atoms with Crippen LogP contribution in [0, 0.1) is 19.3 Å². The lowest BCUT2D eigenvalue weighted by molar-refractivity contribution is -0.150. The molecule has 4 aromatic rings. The summed E-state index contributed by atoms with van der Waals surface area (Å²) in [6.45, 7) is 12.7. The molecule has 1 fully saturated rings. The molecule has 1 N–H and O–H groups in total. The molecule has 5 rings (SSSR count). The summed E-state index contributed by atoms with van der Waals surface area (Å²) in [5, 5.41) is 23.5. The van der Waals surface area contributed by atoms with E-state index in [-0.39, 0.29) is 0 Å². The van der Waals surface area contributed by atoms with Crippen LogP contribution in [0.5, 0.6) is 0 Å². The van der Waals surface area contributed by atoms with E-state index in [1.54, 1.807) is 4.68 Å². The lowest BCUT2D eigenvalue weighted by Crippen LogP contribution is -2.46. The number of carbonyl (C=O) groups is 1. The first-order valence-corrected chi connectivity index (χ1v) is 13.4. The predicted octanol–water partition coefficient (Wildman–Crippen LogP) is 5.04. The van der Waals surface area contributed by atoms with E-state index in [1.165, 1.54) is 11.1 Å². The Morgan fingerprint density at radius 1 is 1.16 bits per heavy atom. The number of likely N-dealkylation sites (tertiary alicyclic amines) is 1. The number of carboxylic acids is 1. The van der Waals surface area contributed by atoms with Crippen molar-refractivity contribution in [3.8, 4) is 0 Å². The van der Waals surface area contributed by atoms with Crippen molar-refractivity contribution in [2.24, 2.45) is 12.5 Å². The minimum Gasteiger partial charge on any atom is -0.481 e. The van der Waals surface area contributed by atoms with Crippen LogP contribution >= 0.6 is 0 Å². The van der Waals surface area contributed by atoms with E-state index >= 15 is 0 Å². The minimum atomic E-state index is -1.09. The van der Waals surface area contributed by atoms with Crippen molar-refractivity contribution in [2.75, 3.05) is 13.1 Å². The fourth-order valence-corrected chi connectivity index (χ4v) is 6.12. The average Bonchev–Trinajstić information content (AvgIpc) is 3.56. The Morgan fingerprint density at radius 2 is 1.95 bits per heavy atom. The molecule has 0 radical (unpaired) electrons. The minimum absolute atomic E-state index is 0.375. The summed E-state index contributed by atoms with van der Waals surface area (Å²) in [6, 6.07) is 12.9. The first-order chi connectivity index (χ1) is 18.0. The van der Waals surface area contributed by atoms with E-state index < -0.39 is 16.8 Å². The zero-order chi connectivity index (χ0) is 27.2. The number of rotatable bonds is 7. The Bertz CT molecular complexity index is 1470. The Morgan fingerprint density at radius 3 is 2.66 bits per heavy atom. The third-order valence-electron chi connectivity index (χ3n) is 9.06. The molecule has 0 unspecified atom stereocenters. The third kappa shape index (κ3) is 4.21. The molecule has 0 aliphatic carbocycles. The topological polar surface area (TPSA) is 89.1 Å². The number of aromatic nitrogens is 5. The van der Waals surface area contributed by atoms with Gasteiger partial charge in [-0.15, -0.1) is 5.10 Å². The van der Waals surface area contributed by atoms with Gasteiger partial charge in [0, 0.05) is 37.9 Å². The van der Waals surface area contributed by atoms with Crippen LogP contribution in [0.25, 0.3) is 11.0 Å². The van der Waals surface area contributed by atoms with Crippen molar-refractivity contribution < 1.29 is 9.90 Å². The zero-order valence-corrected chi connectivity index (χ0v) is 23.3. The molecule has 8 heteroatoms. The molecule has 0 spiro atoms. The van der Waals surface area contributed by atoms with Crippen LogP contribution in [-0.4, -0.2) is 53.8 Å². The number of aliphatic carboxylic acids is 1. The normalized spacial score (nSPS) is 18.5. The van der Waals surface area contributed by atoms with Crippen LogP contribution < -0.4 is 0 Å². The maximum absolute atomic E-state index is 12.8. The second-order valence-corrected chi connectivity index (χ2v) is 11.5. The summed E-state index contributed by atoms with van der Waals surface area (Å²) in [7, 11) is 1.87. The number of hydrogen-bond donors (Lipinski definition) is 1. The van der Waals surface area contributed by atoms with Gasteiger partial charge in [0.05, 0.1) is 17.0 Å². The van der Waals surface area contributed by atoms with Gasteiger partial charge < -0.3 is 5.11 Å².